The summed E-state index contributed by atoms with van der Waals surface area (Å²) in [6.45, 7) is 1.01. The van der Waals surface area contributed by atoms with Crippen molar-refractivity contribution in [3.8, 4) is 0 Å². The first-order valence-corrected chi connectivity index (χ1v) is 11.1. The van der Waals surface area contributed by atoms with Crippen molar-refractivity contribution in [3.05, 3.63) is 40.6 Å². The van der Waals surface area contributed by atoms with Crippen LogP contribution in [0.3, 0.4) is 0 Å². The number of aromatic nitrogens is 2. The lowest BCUT2D eigenvalue weighted by Gasteiger charge is -2.41. The minimum atomic E-state index is -2.49. The van der Waals surface area contributed by atoms with E-state index in [-0.39, 0.29) is 12.2 Å². The third kappa shape index (κ3) is 3.20. The summed E-state index contributed by atoms with van der Waals surface area (Å²) >= 11 is 0. The van der Waals surface area contributed by atoms with Gasteiger partial charge in [0.05, 0.1) is 28.6 Å². The molecule has 0 radical (unpaired) electrons. The fourth-order valence-corrected chi connectivity index (χ4v) is 5.58. The van der Waals surface area contributed by atoms with Crippen LogP contribution in [0.5, 0.6) is 0 Å². The third-order valence-electron chi connectivity index (χ3n) is 6.16. The van der Waals surface area contributed by atoms with Crippen molar-refractivity contribution in [2.45, 2.75) is 55.6 Å². The second kappa shape index (κ2) is 6.98. The lowest BCUT2D eigenvalue weighted by atomic mass is 9.77. The normalized spacial score (nSPS) is 21.8. The van der Waals surface area contributed by atoms with Gasteiger partial charge in [-0.1, -0.05) is 12.1 Å². The van der Waals surface area contributed by atoms with Gasteiger partial charge in [0.15, 0.2) is 0 Å². The molecule has 1 aliphatic carbocycles. The van der Waals surface area contributed by atoms with E-state index in [1.165, 1.54) is 6.07 Å². The van der Waals surface area contributed by atoms with Crippen LogP contribution in [-0.2, 0) is 30.3 Å². The number of nitrogens with zero attached hydrogens (tertiary/aromatic N) is 3. The summed E-state index contributed by atoms with van der Waals surface area (Å²) in [7, 11) is -1.15. The standard InChI is InChI=1S/C20H22F2N4O2S/c21-17(22)12-2-3-13-9-26(10-14(13)8-12)19-23-15-4-7-29(28)16(15)18(24-19)25-20(11-27)5-1-6-20/h2-3,8,17,27H,1,4-7,9-11H2,(H,23,24,25). The quantitative estimate of drug-likeness (QED) is 0.775. The molecule has 6 nitrogen and oxygen atoms in total. The van der Waals surface area contributed by atoms with Crippen LogP contribution in [-0.4, -0.2) is 37.2 Å². The molecule has 3 heterocycles. The Balaban J connectivity index is 1.48. The van der Waals surface area contributed by atoms with Gasteiger partial charge in [-0.15, -0.1) is 0 Å². The highest BCUT2D eigenvalue weighted by Crippen LogP contribution is 2.39. The van der Waals surface area contributed by atoms with Crippen molar-refractivity contribution in [3.63, 3.8) is 0 Å². The molecule has 29 heavy (non-hydrogen) atoms. The van der Waals surface area contributed by atoms with Crippen molar-refractivity contribution < 1.29 is 18.1 Å². The van der Waals surface area contributed by atoms with Gasteiger partial charge in [0, 0.05) is 30.8 Å². The molecule has 9 heteroatoms. The van der Waals surface area contributed by atoms with E-state index in [0.29, 0.717) is 41.9 Å². The fourth-order valence-electron chi connectivity index (χ4n) is 4.28. The van der Waals surface area contributed by atoms with Crippen molar-refractivity contribution in [1.29, 1.82) is 0 Å². The maximum Gasteiger partial charge on any atom is 0.263 e. The second-order valence-corrected chi connectivity index (χ2v) is 9.56. The Labute approximate surface area is 169 Å². The smallest absolute Gasteiger partial charge is 0.263 e. The molecule has 3 aliphatic rings. The lowest BCUT2D eigenvalue weighted by molar-refractivity contribution is 0.143. The number of alkyl halides is 2. The highest BCUT2D eigenvalue weighted by Gasteiger charge is 2.39. The van der Waals surface area contributed by atoms with Crippen LogP contribution in [0.15, 0.2) is 23.1 Å². The summed E-state index contributed by atoms with van der Waals surface area (Å²) in [5.41, 5.74) is 2.23. The number of fused-ring (bicyclic) bond motifs is 2. The molecule has 0 saturated heterocycles. The molecule has 1 unspecified atom stereocenters. The van der Waals surface area contributed by atoms with Gasteiger partial charge in [0.1, 0.15) is 10.7 Å². The molecule has 1 aromatic heterocycles. The van der Waals surface area contributed by atoms with Crippen molar-refractivity contribution in [2.75, 3.05) is 22.6 Å². The highest BCUT2D eigenvalue weighted by atomic mass is 32.2. The molecule has 0 spiro atoms. The van der Waals surface area contributed by atoms with Gasteiger partial charge in [-0.2, -0.15) is 4.98 Å². The molecular weight excluding hydrogens is 398 g/mol. The van der Waals surface area contributed by atoms with Gasteiger partial charge in [-0.25, -0.2) is 13.8 Å². The number of aliphatic hydroxyl groups is 1. The second-order valence-electron chi connectivity index (χ2n) is 8.05. The number of nitrogens with one attached hydrogen (secondary N) is 1. The first-order valence-electron chi connectivity index (χ1n) is 9.81. The summed E-state index contributed by atoms with van der Waals surface area (Å²) in [5, 5.41) is 13.2. The summed E-state index contributed by atoms with van der Waals surface area (Å²) in [6, 6.07) is 4.76. The van der Waals surface area contributed by atoms with E-state index in [4.69, 9.17) is 0 Å². The number of aliphatic hydroxyl groups excluding tert-OH is 1. The summed E-state index contributed by atoms with van der Waals surface area (Å²) in [5.74, 6) is 1.57. The van der Waals surface area contributed by atoms with Crippen molar-refractivity contribution in [1.82, 2.24) is 9.97 Å². The minimum Gasteiger partial charge on any atom is -0.394 e. The lowest BCUT2D eigenvalue weighted by Crippen LogP contribution is -2.48. The molecule has 1 atom stereocenters. The Kier molecular flexibility index (Phi) is 4.54. The molecular formula is C20H22F2N4O2S. The maximum atomic E-state index is 13.0. The number of anilines is 2. The predicted molar refractivity (Wildman–Crippen MR) is 106 cm³/mol. The van der Waals surface area contributed by atoms with Crippen LogP contribution in [0, 0.1) is 0 Å². The third-order valence-corrected chi connectivity index (χ3v) is 7.62. The Morgan fingerprint density at radius 2 is 2.03 bits per heavy atom. The van der Waals surface area contributed by atoms with E-state index in [2.05, 4.69) is 15.3 Å². The van der Waals surface area contributed by atoms with Crippen LogP contribution >= 0.6 is 0 Å². The number of aryl methyl sites for hydroxylation is 1. The molecule has 154 valence electrons. The summed E-state index contributed by atoms with van der Waals surface area (Å²) in [6.07, 6.45) is 0.846. The average Bonchev–Trinajstić information content (AvgIpc) is 3.27. The minimum absolute atomic E-state index is 0.000689. The van der Waals surface area contributed by atoms with Gasteiger partial charge in [-0.05, 0) is 36.5 Å². The predicted octanol–water partition coefficient (Wildman–Crippen LogP) is 2.93. The Morgan fingerprint density at radius 3 is 2.72 bits per heavy atom. The molecule has 5 rings (SSSR count). The Morgan fingerprint density at radius 1 is 1.24 bits per heavy atom. The van der Waals surface area contributed by atoms with Crippen molar-refractivity contribution in [2.24, 2.45) is 0 Å². The Bertz CT molecular complexity index is 991. The molecule has 0 bridgehead atoms. The zero-order chi connectivity index (χ0) is 20.2. The average molecular weight is 420 g/mol. The van der Waals surface area contributed by atoms with Crippen LogP contribution in [0.2, 0.25) is 0 Å². The summed E-state index contributed by atoms with van der Waals surface area (Å²) < 4.78 is 38.6. The number of hydrogen-bond acceptors (Lipinski definition) is 6. The number of rotatable bonds is 5. The van der Waals surface area contributed by atoms with Gasteiger partial charge >= 0.3 is 0 Å². The van der Waals surface area contributed by atoms with E-state index >= 15 is 0 Å². The Hall–Kier alpha value is -2.13. The van der Waals surface area contributed by atoms with E-state index < -0.39 is 22.8 Å². The molecule has 2 aliphatic heterocycles. The van der Waals surface area contributed by atoms with Gasteiger partial charge < -0.3 is 15.3 Å². The SMILES string of the molecule is O=S1CCc2nc(N3Cc4ccc(C(F)F)cc4C3)nc(NC3(CO)CCC3)c21. The maximum absolute atomic E-state index is 13.0. The largest absolute Gasteiger partial charge is 0.394 e. The van der Waals surface area contributed by atoms with Crippen LogP contribution < -0.4 is 10.2 Å². The first kappa shape index (κ1) is 18.9. The van der Waals surface area contributed by atoms with Gasteiger partial charge in [-0.3, -0.25) is 4.21 Å². The van der Waals surface area contributed by atoms with Crippen LogP contribution in [0.4, 0.5) is 20.5 Å². The van der Waals surface area contributed by atoms with Gasteiger partial charge in [0.25, 0.3) is 6.43 Å². The van der Waals surface area contributed by atoms with Crippen molar-refractivity contribution >= 4 is 22.6 Å². The number of halogens is 2. The number of benzene rings is 1. The van der Waals surface area contributed by atoms with E-state index in [0.717, 1.165) is 36.1 Å². The molecule has 2 aromatic rings. The molecule has 1 aromatic carbocycles. The number of hydrogen-bond donors (Lipinski definition) is 2. The molecule has 1 fully saturated rings. The van der Waals surface area contributed by atoms with E-state index in [1.807, 2.05) is 4.90 Å². The zero-order valence-electron chi connectivity index (χ0n) is 15.8. The summed E-state index contributed by atoms with van der Waals surface area (Å²) in [4.78, 5) is 11.9. The van der Waals surface area contributed by atoms with Crippen LogP contribution in [0.25, 0.3) is 0 Å². The van der Waals surface area contributed by atoms with E-state index in [1.54, 1.807) is 12.1 Å². The van der Waals surface area contributed by atoms with Gasteiger partial charge in [0.2, 0.25) is 5.95 Å². The molecule has 2 N–H and O–H groups in total. The topological polar surface area (TPSA) is 78.4 Å². The molecule has 0 amide bonds. The first-order chi connectivity index (χ1) is 14.0. The zero-order valence-corrected chi connectivity index (χ0v) is 16.6. The van der Waals surface area contributed by atoms with Crippen LogP contribution in [0.1, 0.15) is 48.1 Å². The van der Waals surface area contributed by atoms with E-state index in [9.17, 15) is 18.1 Å². The fraction of sp³-hybridized carbons (Fsp3) is 0.500. The molecule has 1 saturated carbocycles. The monoisotopic (exact) mass is 420 g/mol. The highest BCUT2D eigenvalue weighted by molar-refractivity contribution is 7.85.